The highest BCUT2D eigenvalue weighted by atomic mass is 16.5. The first-order chi connectivity index (χ1) is 10.8. The molecule has 0 saturated carbocycles. The van der Waals surface area contributed by atoms with Gasteiger partial charge in [-0.25, -0.2) is 4.98 Å². The van der Waals surface area contributed by atoms with Gasteiger partial charge in [0.15, 0.2) is 5.76 Å². The molecule has 0 N–H and O–H groups in total. The number of anilines is 1. The van der Waals surface area contributed by atoms with Crippen molar-refractivity contribution in [1.82, 2.24) is 9.88 Å². The summed E-state index contributed by atoms with van der Waals surface area (Å²) in [6, 6.07) is 9.33. The van der Waals surface area contributed by atoms with Crippen LogP contribution in [0.2, 0.25) is 0 Å². The highest BCUT2D eigenvalue weighted by Gasteiger charge is 2.43. The van der Waals surface area contributed by atoms with E-state index in [-0.39, 0.29) is 18.1 Å². The van der Waals surface area contributed by atoms with Crippen molar-refractivity contribution in [1.29, 1.82) is 0 Å². The Kier molecular flexibility index (Phi) is 3.31. The SMILES string of the molecule is O=C(c1ccco1)N1CCO[C@@H]2CN(c3ccccn3)C[C@@H]21. The Hall–Kier alpha value is -2.34. The molecule has 0 bridgehead atoms. The van der Waals surface area contributed by atoms with Gasteiger partial charge in [-0.1, -0.05) is 6.07 Å². The van der Waals surface area contributed by atoms with Crippen molar-refractivity contribution in [3.05, 3.63) is 48.6 Å². The Balaban J connectivity index is 1.55. The van der Waals surface area contributed by atoms with E-state index in [0.717, 1.165) is 18.9 Å². The molecule has 2 aromatic rings. The first-order valence-electron chi connectivity index (χ1n) is 7.45. The molecule has 0 aliphatic carbocycles. The van der Waals surface area contributed by atoms with E-state index in [0.29, 0.717) is 18.9 Å². The van der Waals surface area contributed by atoms with E-state index in [1.807, 2.05) is 23.1 Å². The van der Waals surface area contributed by atoms with Crippen LogP contribution in [-0.4, -0.2) is 54.2 Å². The third kappa shape index (κ3) is 2.25. The van der Waals surface area contributed by atoms with E-state index in [2.05, 4.69) is 9.88 Å². The predicted molar refractivity (Wildman–Crippen MR) is 79.7 cm³/mol. The fourth-order valence-electron chi connectivity index (χ4n) is 3.21. The molecule has 6 nitrogen and oxygen atoms in total. The molecule has 2 fully saturated rings. The van der Waals surface area contributed by atoms with Crippen molar-refractivity contribution in [3.63, 3.8) is 0 Å². The lowest BCUT2D eigenvalue weighted by Gasteiger charge is -2.36. The molecule has 0 spiro atoms. The van der Waals surface area contributed by atoms with Crippen LogP contribution in [0.15, 0.2) is 47.2 Å². The van der Waals surface area contributed by atoms with Gasteiger partial charge in [-0.2, -0.15) is 0 Å². The summed E-state index contributed by atoms with van der Waals surface area (Å²) >= 11 is 0. The quantitative estimate of drug-likeness (QED) is 0.839. The summed E-state index contributed by atoms with van der Waals surface area (Å²) < 4.78 is 11.1. The number of carbonyl (C=O) groups excluding carboxylic acids is 1. The molecule has 2 aromatic heterocycles. The third-order valence-electron chi connectivity index (χ3n) is 4.27. The number of morpholine rings is 1. The van der Waals surface area contributed by atoms with Crippen LogP contribution in [0.1, 0.15) is 10.6 Å². The summed E-state index contributed by atoms with van der Waals surface area (Å²) in [5.41, 5.74) is 0. The number of furan rings is 1. The Bertz CT molecular complexity index is 644. The van der Waals surface area contributed by atoms with Gasteiger partial charge < -0.3 is 19.0 Å². The van der Waals surface area contributed by atoms with Crippen LogP contribution in [0, 0.1) is 0 Å². The molecule has 4 rings (SSSR count). The summed E-state index contributed by atoms with van der Waals surface area (Å²) in [5, 5.41) is 0. The Morgan fingerprint density at radius 3 is 2.95 bits per heavy atom. The van der Waals surface area contributed by atoms with Crippen molar-refractivity contribution in [2.45, 2.75) is 12.1 Å². The summed E-state index contributed by atoms with van der Waals surface area (Å²) in [6.45, 7) is 2.64. The van der Waals surface area contributed by atoms with Gasteiger partial charge in [-0.15, -0.1) is 0 Å². The molecule has 1 amide bonds. The lowest BCUT2D eigenvalue weighted by atomic mass is 10.1. The smallest absolute Gasteiger partial charge is 0.290 e. The molecule has 0 unspecified atom stereocenters. The topological polar surface area (TPSA) is 58.8 Å². The Labute approximate surface area is 128 Å². The minimum absolute atomic E-state index is 0.0228. The highest BCUT2D eigenvalue weighted by molar-refractivity contribution is 5.91. The van der Waals surface area contributed by atoms with Crippen LogP contribution in [-0.2, 0) is 4.74 Å². The molecular weight excluding hydrogens is 282 g/mol. The maximum atomic E-state index is 12.6. The number of hydrogen-bond acceptors (Lipinski definition) is 5. The fraction of sp³-hybridized carbons (Fsp3) is 0.375. The number of pyridine rings is 1. The Morgan fingerprint density at radius 1 is 1.23 bits per heavy atom. The van der Waals surface area contributed by atoms with Crippen LogP contribution in [0.25, 0.3) is 0 Å². The first-order valence-corrected chi connectivity index (χ1v) is 7.45. The average molecular weight is 299 g/mol. The van der Waals surface area contributed by atoms with Gasteiger partial charge in [-0.05, 0) is 24.3 Å². The van der Waals surface area contributed by atoms with Gasteiger partial charge in [0.1, 0.15) is 5.82 Å². The van der Waals surface area contributed by atoms with E-state index in [1.54, 1.807) is 18.3 Å². The van der Waals surface area contributed by atoms with Crippen LogP contribution in [0.5, 0.6) is 0 Å². The maximum Gasteiger partial charge on any atom is 0.290 e. The first kappa shape index (κ1) is 13.3. The maximum absolute atomic E-state index is 12.6. The second-order valence-corrected chi connectivity index (χ2v) is 5.55. The fourth-order valence-corrected chi connectivity index (χ4v) is 3.21. The summed E-state index contributed by atoms with van der Waals surface area (Å²) in [6.07, 6.45) is 3.33. The number of hydrogen-bond donors (Lipinski definition) is 0. The highest BCUT2D eigenvalue weighted by Crippen LogP contribution is 2.27. The lowest BCUT2D eigenvalue weighted by Crippen LogP contribution is -2.53. The third-order valence-corrected chi connectivity index (χ3v) is 4.27. The minimum Gasteiger partial charge on any atom is -0.459 e. The molecule has 4 heterocycles. The van der Waals surface area contributed by atoms with Gasteiger partial charge >= 0.3 is 0 Å². The monoisotopic (exact) mass is 299 g/mol. The number of rotatable bonds is 2. The van der Waals surface area contributed by atoms with Gasteiger partial charge in [-0.3, -0.25) is 4.79 Å². The normalized spacial score (nSPS) is 24.4. The number of carbonyl (C=O) groups is 1. The molecule has 22 heavy (non-hydrogen) atoms. The number of nitrogens with zero attached hydrogens (tertiary/aromatic N) is 3. The number of fused-ring (bicyclic) bond motifs is 1. The zero-order valence-electron chi connectivity index (χ0n) is 12.1. The van der Waals surface area contributed by atoms with Crippen molar-refractivity contribution < 1.29 is 13.9 Å². The molecule has 0 radical (unpaired) electrons. The van der Waals surface area contributed by atoms with Crippen LogP contribution < -0.4 is 4.90 Å². The van der Waals surface area contributed by atoms with Gasteiger partial charge in [0.25, 0.3) is 5.91 Å². The average Bonchev–Trinajstić information content (AvgIpc) is 3.24. The molecule has 2 saturated heterocycles. The Morgan fingerprint density at radius 2 is 2.18 bits per heavy atom. The molecule has 114 valence electrons. The molecule has 2 aliphatic heterocycles. The van der Waals surface area contributed by atoms with Gasteiger partial charge in [0.2, 0.25) is 0 Å². The van der Waals surface area contributed by atoms with Gasteiger partial charge in [0.05, 0.1) is 25.0 Å². The van der Waals surface area contributed by atoms with Crippen molar-refractivity contribution >= 4 is 11.7 Å². The molecular formula is C16H17N3O3. The van der Waals surface area contributed by atoms with Crippen LogP contribution in [0.4, 0.5) is 5.82 Å². The van der Waals surface area contributed by atoms with Gasteiger partial charge in [0, 0.05) is 25.8 Å². The molecule has 2 atom stereocenters. The summed E-state index contributed by atoms with van der Waals surface area (Å²) in [4.78, 5) is 21.0. The van der Waals surface area contributed by atoms with Crippen molar-refractivity contribution in [3.8, 4) is 0 Å². The summed E-state index contributed by atoms with van der Waals surface area (Å²) in [7, 11) is 0. The van der Waals surface area contributed by atoms with Crippen LogP contribution in [0.3, 0.4) is 0 Å². The number of aromatic nitrogens is 1. The second kappa shape index (κ2) is 5.46. The molecule has 6 heteroatoms. The van der Waals surface area contributed by atoms with E-state index < -0.39 is 0 Å². The molecule has 0 aromatic carbocycles. The minimum atomic E-state index is -0.0637. The van der Waals surface area contributed by atoms with E-state index in [9.17, 15) is 4.79 Å². The largest absolute Gasteiger partial charge is 0.459 e. The standard InChI is InChI=1S/C16H17N3O3/c20-16(13-4-3-8-21-13)19-7-9-22-14-11-18(10-12(14)19)15-5-1-2-6-17-15/h1-6,8,12,14H,7,9-11H2/t12-,14+/m0/s1. The summed E-state index contributed by atoms with van der Waals surface area (Å²) in [5.74, 6) is 1.24. The van der Waals surface area contributed by atoms with E-state index in [1.165, 1.54) is 6.26 Å². The van der Waals surface area contributed by atoms with Crippen molar-refractivity contribution in [2.24, 2.45) is 0 Å². The lowest BCUT2D eigenvalue weighted by molar-refractivity contribution is -0.0373. The van der Waals surface area contributed by atoms with Crippen molar-refractivity contribution in [2.75, 3.05) is 31.1 Å². The van der Waals surface area contributed by atoms with Crippen LogP contribution >= 0.6 is 0 Å². The second-order valence-electron chi connectivity index (χ2n) is 5.55. The number of ether oxygens (including phenoxy) is 1. The van der Waals surface area contributed by atoms with E-state index >= 15 is 0 Å². The predicted octanol–water partition coefficient (Wildman–Crippen LogP) is 1.40. The molecule has 2 aliphatic rings. The zero-order valence-corrected chi connectivity index (χ0v) is 12.1. The zero-order chi connectivity index (χ0) is 14.9. The number of amides is 1. The van der Waals surface area contributed by atoms with E-state index in [4.69, 9.17) is 9.15 Å².